The zero-order chi connectivity index (χ0) is 15.9. The Morgan fingerprint density at radius 3 is 2.00 bits per heavy atom. The lowest BCUT2D eigenvalue weighted by Crippen LogP contribution is -2.02. The predicted molar refractivity (Wildman–Crippen MR) is 79.1 cm³/mol. The van der Waals surface area contributed by atoms with Crippen LogP contribution in [0.5, 0.6) is 11.5 Å². The van der Waals surface area contributed by atoms with E-state index in [1.54, 1.807) is 48.6 Å². The Labute approximate surface area is 125 Å². The van der Waals surface area contributed by atoms with Crippen molar-refractivity contribution in [2.75, 3.05) is 0 Å². The molecule has 0 saturated heterocycles. The summed E-state index contributed by atoms with van der Waals surface area (Å²) in [6.45, 7) is 0. The maximum absolute atomic E-state index is 10.5. The van der Waals surface area contributed by atoms with Crippen molar-refractivity contribution in [1.29, 1.82) is 0 Å². The first-order valence-electron chi connectivity index (χ1n) is 6.23. The average Bonchev–Trinajstić information content (AvgIpc) is 2.46. The number of hydrogen-bond donors (Lipinski definition) is 2. The van der Waals surface area contributed by atoms with Crippen LogP contribution in [0.2, 0.25) is 0 Å². The van der Waals surface area contributed by atoms with Crippen LogP contribution < -0.4 is 9.47 Å². The van der Waals surface area contributed by atoms with Gasteiger partial charge in [-0.05, 0) is 35.4 Å². The number of hydrogen-bond acceptors (Lipinski definition) is 4. The fourth-order valence-electron chi connectivity index (χ4n) is 1.72. The van der Waals surface area contributed by atoms with E-state index in [-0.39, 0.29) is 11.5 Å². The molecule has 0 aliphatic carbocycles. The molecule has 22 heavy (non-hydrogen) atoms. The van der Waals surface area contributed by atoms with Crippen LogP contribution in [-0.2, 0) is 0 Å². The molecule has 0 radical (unpaired) electrons. The number of carboxylic acid groups (broad SMARTS) is 2. The molecule has 0 heterocycles. The zero-order valence-electron chi connectivity index (χ0n) is 11.3. The van der Waals surface area contributed by atoms with Crippen LogP contribution in [0.25, 0.3) is 12.2 Å². The third-order valence-corrected chi connectivity index (χ3v) is 2.62. The van der Waals surface area contributed by atoms with Crippen molar-refractivity contribution < 1.29 is 29.3 Å². The third kappa shape index (κ3) is 4.68. The molecular formula is C16H12O6. The summed E-state index contributed by atoms with van der Waals surface area (Å²) in [6.07, 6.45) is 0.848. The first kappa shape index (κ1) is 15.1. The van der Waals surface area contributed by atoms with Gasteiger partial charge in [0, 0.05) is 0 Å². The monoisotopic (exact) mass is 300 g/mol. The molecule has 2 aromatic rings. The van der Waals surface area contributed by atoms with Crippen molar-refractivity contribution in [3.8, 4) is 11.5 Å². The smallest absolute Gasteiger partial charge is 0.449 e. The van der Waals surface area contributed by atoms with E-state index in [1.165, 1.54) is 12.1 Å². The van der Waals surface area contributed by atoms with E-state index in [4.69, 9.17) is 10.2 Å². The summed E-state index contributed by atoms with van der Waals surface area (Å²) in [6, 6.07) is 13.1. The van der Waals surface area contributed by atoms with Crippen molar-refractivity contribution in [3.05, 3.63) is 59.7 Å². The summed E-state index contributed by atoms with van der Waals surface area (Å²) in [5.41, 5.74) is 1.60. The lowest BCUT2D eigenvalue weighted by atomic mass is 10.1. The van der Waals surface area contributed by atoms with Crippen molar-refractivity contribution in [2.45, 2.75) is 0 Å². The summed E-state index contributed by atoms with van der Waals surface area (Å²) in [5, 5.41) is 17.0. The maximum Gasteiger partial charge on any atom is 0.511 e. The van der Waals surface area contributed by atoms with Gasteiger partial charge in [0.25, 0.3) is 0 Å². The largest absolute Gasteiger partial charge is 0.511 e. The Bertz CT molecular complexity index is 703. The van der Waals surface area contributed by atoms with E-state index in [0.29, 0.717) is 0 Å². The second-order valence-corrected chi connectivity index (χ2v) is 4.21. The van der Waals surface area contributed by atoms with Gasteiger partial charge in [0.1, 0.15) is 11.5 Å². The van der Waals surface area contributed by atoms with Gasteiger partial charge in [-0.1, -0.05) is 36.4 Å². The van der Waals surface area contributed by atoms with Gasteiger partial charge in [-0.25, -0.2) is 9.59 Å². The Balaban J connectivity index is 2.08. The fourth-order valence-corrected chi connectivity index (χ4v) is 1.72. The second kappa shape index (κ2) is 6.94. The normalized spacial score (nSPS) is 10.4. The highest BCUT2D eigenvalue weighted by Gasteiger charge is 2.01. The molecule has 0 saturated carbocycles. The van der Waals surface area contributed by atoms with Crippen LogP contribution in [0, 0.1) is 0 Å². The molecule has 0 aliphatic rings. The van der Waals surface area contributed by atoms with Crippen LogP contribution in [0.15, 0.2) is 48.5 Å². The molecule has 0 aromatic heterocycles. The Morgan fingerprint density at radius 2 is 1.36 bits per heavy atom. The summed E-state index contributed by atoms with van der Waals surface area (Å²) >= 11 is 0. The van der Waals surface area contributed by atoms with Crippen molar-refractivity contribution in [1.82, 2.24) is 0 Å². The maximum atomic E-state index is 10.5. The van der Waals surface area contributed by atoms with Gasteiger partial charge in [-0.2, -0.15) is 0 Å². The van der Waals surface area contributed by atoms with Gasteiger partial charge in [-0.3, -0.25) is 0 Å². The van der Waals surface area contributed by atoms with Gasteiger partial charge in [0.15, 0.2) is 0 Å². The molecule has 0 fully saturated rings. The second-order valence-electron chi connectivity index (χ2n) is 4.21. The van der Waals surface area contributed by atoms with Crippen LogP contribution in [0.1, 0.15) is 11.1 Å². The minimum absolute atomic E-state index is 0.236. The van der Waals surface area contributed by atoms with Crippen LogP contribution >= 0.6 is 0 Å². The summed E-state index contributed by atoms with van der Waals surface area (Å²) < 4.78 is 9.08. The molecule has 0 spiro atoms. The Kier molecular flexibility index (Phi) is 4.77. The molecule has 6 heteroatoms. The van der Waals surface area contributed by atoms with Crippen LogP contribution in [0.4, 0.5) is 9.59 Å². The fraction of sp³-hybridized carbons (Fsp3) is 0. The first-order valence-corrected chi connectivity index (χ1v) is 6.23. The van der Waals surface area contributed by atoms with E-state index >= 15 is 0 Å². The molecule has 0 bridgehead atoms. The van der Waals surface area contributed by atoms with Crippen molar-refractivity contribution in [2.24, 2.45) is 0 Å². The zero-order valence-corrected chi connectivity index (χ0v) is 11.3. The van der Waals surface area contributed by atoms with E-state index in [9.17, 15) is 9.59 Å². The SMILES string of the molecule is O=C(O)Oc1ccc(/C=C/c2cccc(OC(=O)O)c2)cc1. The topological polar surface area (TPSA) is 93.1 Å². The van der Waals surface area contributed by atoms with Crippen molar-refractivity contribution >= 4 is 24.5 Å². The lowest BCUT2D eigenvalue weighted by molar-refractivity contribution is 0.143. The van der Waals surface area contributed by atoms with Gasteiger partial charge in [-0.15, -0.1) is 0 Å². The quantitative estimate of drug-likeness (QED) is 0.504. The first-order chi connectivity index (χ1) is 10.5. The number of rotatable bonds is 4. The summed E-state index contributed by atoms with van der Waals surface area (Å²) in [5.74, 6) is 0.473. The average molecular weight is 300 g/mol. The molecule has 0 amide bonds. The van der Waals surface area contributed by atoms with Gasteiger partial charge in [0.2, 0.25) is 0 Å². The Hall–Kier alpha value is -3.28. The highest BCUT2D eigenvalue weighted by Crippen LogP contribution is 2.17. The number of benzene rings is 2. The van der Waals surface area contributed by atoms with E-state index < -0.39 is 12.3 Å². The third-order valence-electron chi connectivity index (χ3n) is 2.62. The predicted octanol–water partition coefficient (Wildman–Crippen LogP) is 3.97. The molecule has 2 aromatic carbocycles. The molecule has 2 rings (SSSR count). The van der Waals surface area contributed by atoms with Crippen molar-refractivity contribution in [3.63, 3.8) is 0 Å². The standard InChI is InChI=1S/C16H12O6/c17-15(18)21-13-8-6-11(7-9-13)4-5-12-2-1-3-14(10-12)22-16(19)20/h1-10H,(H,17,18)(H,19,20)/b5-4+. The minimum atomic E-state index is -1.37. The van der Waals surface area contributed by atoms with E-state index in [0.717, 1.165) is 11.1 Å². The highest BCUT2D eigenvalue weighted by molar-refractivity contribution is 5.71. The molecule has 0 aliphatic heterocycles. The molecule has 2 N–H and O–H groups in total. The minimum Gasteiger partial charge on any atom is -0.449 e. The number of ether oxygens (including phenoxy) is 2. The molecule has 0 unspecified atom stereocenters. The van der Waals surface area contributed by atoms with Gasteiger partial charge in [0.05, 0.1) is 0 Å². The highest BCUT2D eigenvalue weighted by atomic mass is 16.7. The molecular weight excluding hydrogens is 288 g/mol. The van der Waals surface area contributed by atoms with Crippen LogP contribution in [-0.4, -0.2) is 22.5 Å². The number of carbonyl (C=O) groups is 2. The van der Waals surface area contributed by atoms with E-state index in [2.05, 4.69) is 9.47 Å². The molecule has 112 valence electrons. The van der Waals surface area contributed by atoms with Crippen LogP contribution in [0.3, 0.4) is 0 Å². The van der Waals surface area contributed by atoms with E-state index in [1.807, 2.05) is 0 Å². The Morgan fingerprint density at radius 1 is 0.773 bits per heavy atom. The summed E-state index contributed by atoms with van der Waals surface area (Å²) in [4.78, 5) is 20.9. The summed E-state index contributed by atoms with van der Waals surface area (Å²) in [7, 11) is 0. The lowest BCUT2D eigenvalue weighted by Gasteiger charge is -2.01. The van der Waals surface area contributed by atoms with Gasteiger partial charge >= 0.3 is 12.3 Å². The molecule has 0 atom stereocenters. The molecule has 6 nitrogen and oxygen atoms in total. The van der Waals surface area contributed by atoms with Gasteiger partial charge < -0.3 is 19.7 Å².